The first-order valence-electron chi connectivity index (χ1n) is 4.80. The van der Waals surface area contributed by atoms with Crippen LogP contribution < -0.4 is 5.48 Å². The van der Waals surface area contributed by atoms with E-state index in [-0.39, 0.29) is 17.1 Å². The Balaban J connectivity index is 2.48. The van der Waals surface area contributed by atoms with Crippen molar-refractivity contribution in [3.05, 3.63) is 23.8 Å². The van der Waals surface area contributed by atoms with Gasteiger partial charge >= 0.3 is 0 Å². The normalized spacial score (nSPS) is 11.7. The lowest BCUT2D eigenvalue weighted by Gasteiger charge is -2.19. The van der Waals surface area contributed by atoms with E-state index in [0.717, 1.165) is 5.56 Å². The van der Waals surface area contributed by atoms with Crippen molar-refractivity contribution in [2.45, 2.75) is 32.9 Å². The lowest BCUT2D eigenvalue weighted by molar-refractivity contribution is -0.0757. The molecule has 0 aromatic heterocycles. The minimum absolute atomic E-state index is 0.115. The first kappa shape index (κ1) is 11.8. The fourth-order valence-electron chi connectivity index (χ4n) is 1.01. The van der Waals surface area contributed by atoms with Gasteiger partial charge in [0.1, 0.15) is 0 Å². The summed E-state index contributed by atoms with van der Waals surface area (Å²) < 4.78 is 0. The molecule has 3 N–H and O–H groups in total. The summed E-state index contributed by atoms with van der Waals surface area (Å²) in [5, 5.41) is 18.3. The van der Waals surface area contributed by atoms with Crippen LogP contribution in [0.2, 0.25) is 0 Å². The van der Waals surface area contributed by atoms with Crippen LogP contribution in [0, 0.1) is 0 Å². The molecule has 0 aliphatic heterocycles. The van der Waals surface area contributed by atoms with Gasteiger partial charge in [-0.3, -0.25) is 4.84 Å². The third kappa shape index (κ3) is 4.18. The summed E-state index contributed by atoms with van der Waals surface area (Å²) >= 11 is 0. The van der Waals surface area contributed by atoms with E-state index in [4.69, 9.17) is 9.94 Å². The number of phenols is 2. The summed E-state index contributed by atoms with van der Waals surface area (Å²) in [6.45, 7) is 6.29. The molecule has 1 aromatic rings. The maximum absolute atomic E-state index is 9.24. The van der Waals surface area contributed by atoms with Crippen molar-refractivity contribution in [3.63, 3.8) is 0 Å². The van der Waals surface area contributed by atoms with Gasteiger partial charge in [0.25, 0.3) is 0 Å². The van der Waals surface area contributed by atoms with Crippen LogP contribution in [0.15, 0.2) is 18.2 Å². The molecule has 0 amide bonds. The van der Waals surface area contributed by atoms with Gasteiger partial charge in [0, 0.05) is 6.54 Å². The molecule has 0 unspecified atom stereocenters. The van der Waals surface area contributed by atoms with Gasteiger partial charge < -0.3 is 10.2 Å². The van der Waals surface area contributed by atoms with Gasteiger partial charge in [-0.1, -0.05) is 6.07 Å². The van der Waals surface area contributed by atoms with Crippen LogP contribution in [0.4, 0.5) is 0 Å². The molecule has 0 aliphatic rings. The van der Waals surface area contributed by atoms with E-state index >= 15 is 0 Å². The van der Waals surface area contributed by atoms with Gasteiger partial charge in [0.2, 0.25) is 0 Å². The molecule has 4 heteroatoms. The Morgan fingerprint density at radius 1 is 1.20 bits per heavy atom. The lowest BCUT2D eigenvalue weighted by atomic mass is 10.2. The molecule has 4 nitrogen and oxygen atoms in total. The van der Waals surface area contributed by atoms with Crippen molar-refractivity contribution in [1.29, 1.82) is 0 Å². The lowest BCUT2D eigenvalue weighted by Crippen LogP contribution is -2.28. The van der Waals surface area contributed by atoms with Gasteiger partial charge in [0.15, 0.2) is 11.5 Å². The van der Waals surface area contributed by atoms with Crippen molar-refractivity contribution in [2.75, 3.05) is 0 Å². The molecule has 84 valence electrons. The average Bonchev–Trinajstić information content (AvgIpc) is 2.09. The van der Waals surface area contributed by atoms with Crippen LogP contribution >= 0.6 is 0 Å². The maximum Gasteiger partial charge on any atom is 0.157 e. The number of benzene rings is 1. The highest BCUT2D eigenvalue weighted by Crippen LogP contribution is 2.24. The Bertz CT molecular complexity index is 331. The largest absolute Gasteiger partial charge is 0.504 e. The quantitative estimate of drug-likeness (QED) is 0.528. The van der Waals surface area contributed by atoms with E-state index in [1.54, 1.807) is 6.07 Å². The summed E-state index contributed by atoms with van der Waals surface area (Å²) in [6, 6.07) is 4.66. The zero-order valence-electron chi connectivity index (χ0n) is 9.24. The second-order valence-corrected chi connectivity index (χ2v) is 4.36. The molecular weight excluding hydrogens is 194 g/mol. The Kier molecular flexibility index (Phi) is 3.55. The predicted molar refractivity (Wildman–Crippen MR) is 57.4 cm³/mol. The molecule has 1 aromatic carbocycles. The van der Waals surface area contributed by atoms with Crippen LogP contribution in [-0.2, 0) is 11.4 Å². The van der Waals surface area contributed by atoms with Crippen molar-refractivity contribution >= 4 is 0 Å². The Morgan fingerprint density at radius 2 is 1.87 bits per heavy atom. The third-order valence-corrected chi connectivity index (χ3v) is 1.69. The summed E-state index contributed by atoms with van der Waals surface area (Å²) in [4.78, 5) is 5.31. The number of nitrogens with one attached hydrogen (secondary N) is 1. The molecule has 1 rings (SSSR count). The van der Waals surface area contributed by atoms with E-state index in [2.05, 4.69) is 5.48 Å². The van der Waals surface area contributed by atoms with E-state index < -0.39 is 0 Å². The second-order valence-electron chi connectivity index (χ2n) is 4.36. The predicted octanol–water partition coefficient (Wildman–Crippen LogP) is 1.92. The van der Waals surface area contributed by atoms with Crippen LogP contribution in [0.25, 0.3) is 0 Å². The maximum atomic E-state index is 9.24. The molecule has 0 radical (unpaired) electrons. The van der Waals surface area contributed by atoms with Gasteiger partial charge in [-0.15, -0.1) is 0 Å². The van der Waals surface area contributed by atoms with Crippen LogP contribution in [0.3, 0.4) is 0 Å². The standard InChI is InChI=1S/C11H17NO3/c1-11(2,3)15-12-7-8-4-5-9(13)10(14)6-8/h4-6,12-14H,7H2,1-3H3. The number of hydrogen-bond acceptors (Lipinski definition) is 4. The Hall–Kier alpha value is -1.26. The number of hydroxylamine groups is 1. The Morgan fingerprint density at radius 3 is 2.40 bits per heavy atom. The van der Waals surface area contributed by atoms with Gasteiger partial charge in [-0.2, -0.15) is 5.48 Å². The van der Waals surface area contributed by atoms with E-state index in [1.807, 2.05) is 20.8 Å². The average molecular weight is 211 g/mol. The van der Waals surface area contributed by atoms with E-state index in [1.165, 1.54) is 12.1 Å². The topological polar surface area (TPSA) is 61.7 Å². The van der Waals surface area contributed by atoms with Crippen molar-refractivity contribution in [2.24, 2.45) is 0 Å². The fraction of sp³-hybridized carbons (Fsp3) is 0.455. The highest BCUT2D eigenvalue weighted by molar-refractivity contribution is 5.40. The molecule has 0 spiro atoms. The highest BCUT2D eigenvalue weighted by atomic mass is 16.7. The molecule has 0 atom stereocenters. The number of phenolic OH excluding ortho intramolecular Hbond substituents is 2. The minimum Gasteiger partial charge on any atom is -0.504 e. The molecular formula is C11H17NO3. The first-order chi connectivity index (χ1) is 6.88. The van der Waals surface area contributed by atoms with Crippen LogP contribution in [0.1, 0.15) is 26.3 Å². The summed E-state index contributed by atoms with van der Waals surface area (Å²) in [5.74, 6) is -0.236. The Labute approximate surface area is 89.5 Å². The third-order valence-electron chi connectivity index (χ3n) is 1.69. The summed E-state index contributed by atoms with van der Waals surface area (Å²) in [7, 11) is 0. The number of rotatable bonds is 3. The van der Waals surface area contributed by atoms with E-state index in [0.29, 0.717) is 6.54 Å². The van der Waals surface area contributed by atoms with Gasteiger partial charge in [0.05, 0.1) is 5.60 Å². The van der Waals surface area contributed by atoms with Crippen molar-refractivity contribution < 1.29 is 15.1 Å². The van der Waals surface area contributed by atoms with Gasteiger partial charge in [-0.05, 0) is 38.5 Å². The van der Waals surface area contributed by atoms with Crippen LogP contribution in [-0.4, -0.2) is 15.8 Å². The smallest absolute Gasteiger partial charge is 0.157 e. The summed E-state index contributed by atoms with van der Waals surface area (Å²) in [5.41, 5.74) is 3.39. The molecule has 0 saturated carbocycles. The highest BCUT2D eigenvalue weighted by Gasteiger charge is 2.10. The second kappa shape index (κ2) is 4.51. The first-order valence-corrected chi connectivity index (χ1v) is 4.80. The zero-order valence-corrected chi connectivity index (χ0v) is 9.24. The molecule has 0 aliphatic carbocycles. The van der Waals surface area contributed by atoms with Crippen molar-refractivity contribution in [3.8, 4) is 11.5 Å². The number of hydrogen-bond donors (Lipinski definition) is 3. The van der Waals surface area contributed by atoms with Gasteiger partial charge in [-0.25, -0.2) is 0 Å². The molecule has 15 heavy (non-hydrogen) atoms. The number of aromatic hydroxyl groups is 2. The van der Waals surface area contributed by atoms with E-state index in [9.17, 15) is 5.11 Å². The minimum atomic E-state index is -0.251. The van der Waals surface area contributed by atoms with Crippen LogP contribution in [0.5, 0.6) is 11.5 Å². The SMILES string of the molecule is CC(C)(C)ONCc1ccc(O)c(O)c1. The molecule has 0 bridgehead atoms. The monoisotopic (exact) mass is 211 g/mol. The molecule has 0 saturated heterocycles. The molecule has 0 heterocycles. The summed E-state index contributed by atoms with van der Waals surface area (Å²) in [6.07, 6.45) is 0. The van der Waals surface area contributed by atoms with Crippen molar-refractivity contribution in [1.82, 2.24) is 5.48 Å². The fourth-order valence-corrected chi connectivity index (χ4v) is 1.01. The molecule has 0 fully saturated rings. The zero-order chi connectivity index (χ0) is 11.5.